The van der Waals surface area contributed by atoms with Crippen molar-refractivity contribution in [1.29, 1.82) is 0 Å². The van der Waals surface area contributed by atoms with Crippen LogP contribution in [0, 0.1) is 5.82 Å². The monoisotopic (exact) mass is 523 g/mol. The zero-order chi connectivity index (χ0) is 26.5. The molecule has 1 fully saturated rings. The molecule has 37 heavy (non-hydrogen) atoms. The van der Waals surface area contributed by atoms with Crippen molar-refractivity contribution >= 4 is 35.1 Å². The number of halogens is 2. The molecule has 4 aromatic rings. The van der Waals surface area contributed by atoms with Crippen molar-refractivity contribution < 1.29 is 18.5 Å². The van der Waals surface area contributed by atoms with Crippen molar-refractivity contribution in [3.63, 3.8) is 0 Å². The van der Waals surface area contributed by atoms with E-state index in [1.165, 1.54) is 30.5 Å². The number of anilines is 2. The first kappa shape index (κ1) is 24.4. The Morgan fingerprint density at radius 2 is 1.97 bits per heavy atom. The summed E-state index contributed by atoms with van der Waals surface area (Å²) in [5.74, 6) is -1.80. The van der Waals surface area contributed by atoms with E-state index in [-0.39, 0.29) is 33.7 Å². The number of amides is 2. The third kappa shape index (κ3) is 4.53. The Labute approximate surface area is 215 Å². The number of nitrogens with zero attached hydrogens (tertiary/aromatic N) is 4. The number of carbonyl (C=O) groups is 2. The molecule has 5 N–H and O–H groups in total. The van der Waals surface area contributed by atoms with Gasteiger partial charge in [-0.2, -0.15) is 5.10 Å². The molecule has 1 atom stereocenters. The van der Waals surface area contributed by atoms with Crippen molar-refractivity contribution in [2.45, 2.75) is 38.1 Å². The van der Waals surface area contributed by atoms with Crippen molar-refractivity contribution in [2.24, 2.45) is 5.73 Å². The molecule has 1 unspecified atom stereocenters. The summed E-state index contributed by atoms with van der Waals surface area (Å²) in [7, 11) is 0. The van der Waals surface area contributed by atoms with Gasteiger partial charge in [-0.3, -0.25) is 19.9 Å². The smallest absolute Gasteiger partial charge is 0.254 e. The van der Waals surface area contributed by atoms with E-state index in [0.29, 0.717) is 28.2 Å². The van der Waals surface area contributed by atoms with Gasteiger partial charge in [0, 0.05) is 17.8 Å². The van der Waals surface area contributed by atoms with Crippen LogP contribution in [0.25, 0.3) is 22.6 Å². The summed E-state index contributed by atoms with van der Waals surface area (Å²) in [6.07, 6.45) is 3.33. The fraction of sp³-hybridized carbons (Fsp3) is 0.240. The predicted octanol–water partition coefficient (Wildman–Crippen LogP) is 4.32. The maximum Gasteiger partial charge on any atom is 0.254 e. The molecule has 3 heterocycles. The zero-order valence-corrected chi connectivity index (χ0v) is 20.7. The molecular weight excluding hydrogens is 501 g/mol. The average molecular weight is 524 g/mol. The lowest BCUT2D eigenvalue weighted by Gasteiger charge is -2.11. The first-order valence-corrected chi connectivity index (χ1v) is 11.8. The highest BCUT2D eigenvalue weighted by Crippen LogP contribution is 2.45. The highest BCUT2D eigenvalue weighted by molar-refractivity contribution is 6.33. The second kappa shape index (κ2) is 9.00. The van der Waals surface area contributed by atoms with Gasteiger partial charge in [0.1, 0.15) is 28.6 Å². The molecular formula is C25H23ClFN7O3. The van der Waals surface area contributed by atoms with Gasteiger partial charge in [0.2, 0.25) is 11.8 Å². The molecule has 5 rings (SSSR count). The van der Waals surface area contributed by atoms with Crippen molar-refractivity contribution in [1.82, 2.24) is 19.9 Å². The molecule has 0 radical (unpaired) electrons. The lowest BCUT2D eigenvalue weighted by atomic mass is 10.0. The van der Waals surface area contributed by atoms with Gasteiger partial charge in [0.25, 0.3) is 5.91 Å². The van der Waals surface area contributed by atoms with Crippen LogP contribution in [0.4, 0.5) is 16.1 Å². The van der Waals surface area contributed by atoms with Crippen molar-refractivity contribution in [3.8, 4) is 22.6 Å². The maximum atomic E-state index is 13.3. The van der Waals surface area contributed by atoms with E-state index >= 15 is 0 Å². The minimum atomic E-state index is -0.685. The van der Waals surface area contributed by atoms with E-state index in [1.807, 2.05) is 6.92 Å². The van der Waals surface area contributed by atoms with E-state index in [0.717, 1.165) is 12.8 Å². The summed E-state index contributed by atoms with van der Waals surface area (Å²) in [4.78, 5) is 29.4. The third-order valence-corrected chi connectivity index (χ3v) is 6.85. The Morgan fingerprint density at radius 1 is 1.22 bits per heavy atom. The fourth-order valence-electron chi connectivity index (χ4n) is 4.00. The Hall–Kier alpha value is -4.25. The van der Waals surface area contributed by atoms with Gasteiger partial charge in [-0.05, 0) is 56.5 Å². The van der Waals surface area contributed by atoms with Crippen LogP contribution < -0.4 is 16.8 Å². The highest BCUT2D eigenvalue weighted by atomic mass is 35.5. The van der Waals surface area contributed by atoms with Gasteiger partial charge in [0.15, 0.2) is 0 Å². The topological polar surface area (TPSA) is 155 Å². The van der Waals surface area contributed by atoms with Crippen molar-refractivity contribution in [3.05, 3.63) is 64.6 Å². The normalized spacial score (nSPS) is 14.8. The van der Waals surface area contributed by atoms with Crippen LogP contribution in [0.5, 0.6) is 0 Å². The lowest BCUT2D eigenvalue weighted by molar-refractivity contribution is -0.117. The van der Waals surface area contributed by atoms with E-state index in [1.54, 1.807) is 23.7 Å². The zero-order valence-electron chi connectivity index (χ0n) is 20.0. The second-order valence-electron chi connectivity index (χ2n) is 9.27. The van der Waals surface area contributed by atoms with Crippen LogP contribution in [-0.4, -0.2) is 31.7 Å². The summed E-state index contributed by atoms with van der Waals surface area (Å²) in [6, 6.07) is 8.77. The van der Waals surface area contributed by atoms with Crippen molar-refractivity contribution in [2.75, 3.05) is 11.1 Å². The predicted molar refractivity (Wildman–Crippen MR) is 135 cm³/mol. The van der Waals surface area contributed by atoms with Gasteiger partial charge in [-0.15, -0.1) is 0 Å². The number of carbonyl (C=O) groups excluding carboxylic acids is 2. The third-order valence-electron chi connectivity index (χ3n) is 6.54. The summed E-state index contributed by atoms with van der Waals surface area (Å²) in [6.45, 7) is 3.71. The van der Waals surface area contributed by atoms with Gasteiger partial charge in [-0.25, -0.2) is 9.07 Å². The molecule has 2 amide bonds. The summed E-state index contributed by atoms with van der Waals surface area (Å²) < 4.78 is 20.2. The second-order valence-corrected chi connectivity index (χ2v) is 9.68. The molecule has 1 saturated carbocycles. The minimum Gasteiger partial charge on any atom is -0.383 e. The Balaban J connectivity index is 1.33. The van der Waals surface area contributed by atoms with Gasteiger partial charge < -0.3 is 16.0 Å². The van der Waals surface area contributed by atoms with Crippen LogP contribution in [0.1, 0.15) is 48.5 Å². The van der Waals surface area contributed by atoms with Gasteiger partial charge in [-0.1, -0.05) is 22.8 Å². The van der Waals surface area contributed by atoms with Crippen LogP contribution in [-0.2, 0) is 10.3 Å². The number of pyridine rings is 1. The number of nitrogens with one attached hydrogen (secondary N) is 1. The number of nitrogens with two attached hydrogens (primary N) is 2. The average Bonchev–Trinajstić information content (AvgIpc) is 3.26. The lowest BCUT2D eigenvalue weighted by Crippen LogP contribution is -2.19. The summed E-state index contributed by atoms with van der Waals surface area (Å²) in [5, 5.41) is 11.3. The number of primary amides is 1. The molecule has 0 spiro atoms. The quantitative estimate of drug-likeness (QED) is 0.325. The minimum absolute atomic E-state index is 0.109. The van der Waals surface area contributed by atoms with Crippen LogP contribution in [0.2, 0.25) is 5.02 Å². The largest absolute Gasteiger partial charge is 0.383 e. The van der Waals surface area contributed by atoms with Crippen LogP contribution >= 0.6 is 11.6 Å². The molecule has 3 aromatic heterocycles. The molecule has 190 valence electrons. The number of hydrogen-bond donors (Lipinski definition) is 3. The molecule has 12 heteroatoms. The number of aromatic nitrogens is 4. The molecule has 1 aliphatic rings. The number of hydrogen-bond acceptors (Lipinski definition) is 7. The number of rotatable bonds is 7. The summed E-state index contributed by atoms with van der Waals surface area (Å²) in [5.41, 5.74) is 13.8. The Bertz CT molecular complexity index is 1530. The highest BCUT2D eigenvalue weighted by Gasteiger charge is 2.43. The van der Waals surface area contributed by atoms with E-state index in [4.69, 9.17) is 27.6 Å². The van der Waals surface area contributed by atoms with Gasteiger partial charge in [0.05, 0.1) is 22.2 Å². The standard InChI is InChI=1S/C25H23ClFN7O3/c1-12(24(36)31-19-10-18(33-37-19)15-5-4-14(27)9-16(15)26)13-3-6-17(30-11-13)21-20(23(29)35)22(28)34(32-21)25(2)7-8-25/h3-6,9-12H,7-8,28H2,1-2H3,(H2,29,35)(H,31,36). The van der Waals surface area contributed by atoms with E-state index in [2.05, 4.69) is 20.6 Å². The van der Waals surface area contributed by atoms with Crippen LogP contribution in [0.3, 0.4) is 0 Å². The first-order valence-electron chi connectivity index (χ1n) is 11.5. The van der Waals surface area contributed by atoms with Gasteiger partial charge >= 0.3 is 0 Å². The fourth-order valence-corrected chi connectivity index (χ4v) is 4.26. The Kier molecular flexibility index (Phi) is 5.95. The number of nitrogen functional groups attached to an aromatic ring is 1. The first-order chi connectivity index (χ1) is 17.6. The molecule has 0 saturated heterocycles. The van der Waals surface area contributed by atoms with Crippen LogP contribution in [0.15, 0.2) is 47.1 Å². The molecule has 1 aliphatic carbocycles. The molecule has 0 aliphatic heterocycles. The Morgan fingerprint density at radius 3 is 2.59 bits per heavy atom. The molecule has 0 bridgehead atoms. The SMILES string of the molecule is CC(C(=O)Nc1cc(-c2ccc(F)cc2Cl)no1)c1ccc(-c2nn(C3(C)CC3)c(N)c2C(N)=O)nc1. The van der Waals surface area contributed by atoms with E-state index in [9.17, 15) is 14.0 Å². The molecule has 1 aromatic carbocycles. The summed E-state index contributed by atoms with van der Waals surface area (Å²) >= 11 is 6.07. The van der Waals surface area contributed by atoms with E-state index < -0.39 is 17.6 Å². The molecule has 10 nitrogen and oxygen atoms in total. The maximum absolute atomic E-state index is 13.3. The number of benzene rings is 1.